The van der Waals surface area contributed by atoms with Crippen LogP contribution >= 0.6 is 0 Å². The van der Waals surface area contributed by atoms with Crippen molar-refractivity contribution in [2.75, 3.05) is 0 Å². The fraction of sp³-hybridized carbons (Fsp3) is 0.214. The fourth-order valence-electron chi connectivity index (χ4n) is 2.53. The van der Waals surface area contributed by atoms with Crippen molar-refractivity contribution in [1.82, 2.24) is 4.98 Å². The van der Waals surface area contributed by atoms with Crippen molar-refractivity contribution in [2.45, 2.75) is 18.9 Å². The molecule has 3 rings (SSSR count). The van der Waals surface area contributed by atoms with Gasteiger partial charge in [0.15, 0.2) is 0 Å². The van der Waals surface area contributed by atoms with Crippen molar-refractivity contribution >= 4 is 0 Å². The Labute approximate surface area is 94.6 Å². The number of pyridine rings is 1. The molecular formula is C14H13NO. The van der Waals surface area contributed by atoms with Crippen molar-refractivity contribution in [2.24, 2.45) is 0 Å². The van der Waals surface area contributed by atoms with Gasteiger partial charge in [0, 0.05) is 17.3 Å². The van der Waals surface area contributed by atoms with Crippen LogP contribution in [0.4, 0.5) is 0 Å². The summed E-state index contributed by atoms with van der Waals surface area (Å²) in [6.45, 7) is 2.00. The summed E-state index contributed by atoms with van der Waals surface area (Å²) >= 11 is 0. The number of nitrogens with zero attached hydrogens (tertiary/aromatic N) is 1. The molecule has 1 heterocycles. The Morgan fingerprint density at radius 2 is 1.88 bits per heavy atom. The van der Waals surface area contributed by atoms with Crippen LogP contribution in [0.2, 0.25) is 0 Å². The van der Waals surface area contributed by atoms with Gasteiger partial charge in [0.05, 0.1) is 5.69 Å². The van der Waals surface area contributed by atoms with E-state index in [0.717, 1.165) is 22.4 Å². The molecule has 80 valence electrons. The van der Waals surface area contributed by atoms with Gasteiger partial charge in [0.25, 0.3) is 0 Å². The van der Waals surface area contributed by atoms with E-state index >= 15 is 0 Å². The fourth-order valence-corrected chi connectivity index (χ4v) is 2.53. The van der Waals surface area contributed by atoms with E-state index in [1.165, 1.54) is 0 Å². The first-order valence-corrected chi connectivity index (χ1v) is 5.55. The van der Waals surface area contributed by atoms with E-state index in [9.17, 15) is 5.11 Å². The van der Waals surface area contributed by atoms with E-state index < -0.39 is 5.60 Å². The van der Waals surface area contributed by atoms with Gasteiger partial charge in [-0.15, -0.1) is 0 Å². The molecule has 0 radical (unpaired) electrons. The molecule has 1 aromatic carbocycles. The molecule has 1 aliphatic rings. The summed E-state index contributed by atoms with van der Waals surface area (Å²) < 4.78 is 0. The van der Waals surface area contributed by atoms with E-state index in [-0.39, 0.29) is 0 Å². The molecule has 0 fully saturated rings. The van der Waals surface area contributed by atoms with Crippen LogP contribution in [0.15, 0.2) is 42.6 Å². The smallest absolute Gasteiger partial charge is 0.117 e. The highest BCUT2D eigenvalue weighted by atomic mass is 16.3. The molecule has 0 spiro atoms. The molecule has 16 heavy (non-hydrogen) atoms. The number of benzene rings is 1. The van der Waals surface area contributed by atoms with Gasteiger partial charge in [-0.1, -0.05) is 37.3 Å². The molecule has 2 heteroatoms. The molecule has 0 saturated carbocycles. The predicted octanol–water partition coefficient (Wildman–Crippen LogP) is 2.71. The molecule has 2 aromatic rings. The third-order valence-corrected chi connectivity index (χ3v) is 3.39. The number of hydrogen-bond donors (Lipinski definition) is 1. The summed E-state index contributed by atoms with van der Waals surface area (Å²) in [7, 11) is 0. The van der Waals surface area contributed by atoms with Crippen LogP contribution in [0.25, 0.3) is 11.3 Å². The maximum absolute atomic E-state index is 10.8. The second-order valence-electron chi connectivity index (χ2n) is 4.16. The van der Waals surface area contributed by atoms with Gasteiger partial charge in [0.2, 0.25) is 0 Å². The van der Waals surface area contributed by atoms with Gasteiger partial charge in [-0.05, 0) is 18.1 Å². The molecule has 1 aromatic heterocycles. The number of fused-ring (bicyclic) bond motifs is 3. The van der Waals surface area contributed by atoms with Crippen molar-refractivity contribution in [1.29, 1.82) is 0 Å². The quantitative estimate of drug-likeness (QED) is 0.786. The molecule has 0 amide bonds. The number of hydrogen-bond acceptors (Lipinski definition) is 2. The molecule has 1 atom stereocenters. The van der Waals surface area contributed by atoms with E-state index in [4.69, 9.17) is 0 Å². The zero-order valence-corrected chi connectivity index (χ0v) is 9.14. The highest BCUT2D eigenvalue weighted by Gasteiger charge is 2.40. The normalized spacial score (nSPS) is 21.6. The average Bonchev–Trinajstić information content (AvgIpc) is 2.62. The second kappa shape index (κ2) is 3.16. The Kier molecular flexibility index (Phi) is 1.88. The van der Waals surface area contributed by atoms with Gasteiger partial charge < -0.3 is 5.11 Å². The van der Waals surface area contributed by atoms with Crippen molar-refractivity contribution in [3.8, 4) is 11.3 Å². The summed E-state index contributed by atoms with van der Waals surface area (Å²) in [5, 5.41) is 10.8. The summed E-state index contributed by atoms with van der Waals surface area (Å²) in [5.74, 6) is 0. The molecule has 0 saturated heterocycles. The van der Waals surface area contributed by atoms with Crippen LogP contribution in [0.3, 0.4) is 0 Å². The average molecular weight is 211 g/mol. The number of aliphatic hydroxyl groups is 1. The molecule has 1 aliphatic carbocycles. The maximum atomic E-state index is 10.8. The predicted molar refractivity (Wildman–Crippen MR) is 63.0 cm³/mol. The van der Waals surface area contributed by atoms with Gasteiger partial charge in [-0.3, -0.25) is 4.98 Å². The van der Waals surface area contributed by atoms with E-state index in [1.807, 2.05) is 43.3 Å². The molecule has 1 N–H and O–H groups in total. The van der Waals surface area contributed by atoms with Crippen molar-refractivity contribution < 1.29 is 5.11 Å². The zero-order chi connectivity index (χ0) is 11.2. The first-order valence-electron chi connectivity index (χ1n) is 5.55. The van der Waals surface area contributed by atoms with E-state index in [1.54, 1.807) is 6.20 Å². The van der Waals surface area contributed by atoms with Gasteiger partial charge >= 0.3 is 0 Å². The summed E-state index contributed by atoms with van der Waals surface area (Å²) in [4.78, 5) is 4.38. The van der Waals surface area contributed by atoms with Gasteiger partial charge in [-0.25, -0.2) is 0 Å². The Morgan fingerprint density at radius 3 is 2.69 bits per heavy atom. The van der Waals surface area contributed by atoms with Crippen LogP contribution in [-0.2, 0) is 5.60 Å². The Bertz CT molecular complexity index is 502. The Balaban J connectivity index is 2.39. The molecule has 0 unspecified atom stereocenters. The van der Waals surface area contributed by atoms with Crippen LogP contribution in [0.1, 0.15) is 24.5 Å². The van der Waals surface area contributed by atoms with E-state index in [0.29, 0.717) is 6.42 Å². The summed E-state index contributed by atoms with van der Waals surface area (Å²) in [6, 6.07) is 11.8. The Hall–Kier alpha value is -1.67. The van der Waals surface area contributed by atoms with Crippen LogP contribution in [0, 0.1) is 0 Å². The van der Waals surface area contributed by atoms with Crippen molar-refractivity contribution in [3.05, 3.63) is 53.7 Å². The minimum absolute atomic E-state index is 0.669. The molecular weight excluding hydrogens is 198 g/mol. The maximum Gasteiger partial charge on any atom is 0.117 e. The largest absolute Gasteiger partial charge is 0.380 e. The summed E-state index contributed by atoms with van der Waals surface area (Å²) in [6.07, 6.45) is 2.44. The second-order valence-corrected chi connectivity index (χ2v) is 4.16. The lowest BCUT2D eigenvalue weighted by atomic mass is 9.89. The minimum atomic E-state index is -0.861. The lowest BCUT2D eigenvalue weighted by Gasteiger charge is -2.23. The third kappa shape index (κ3) is 1.02. The highest BCUT2D eigenvalue weighted by molar-refractivity contribution is 5.76. The monoisotopic (exact) mass is 211 g/mol. The number of aromatic nitrogens is 1. The molecule has 0 bridgehead atoms. The summed E-state index contributed by atoms with van der Waals surface area (Å²) in [5.41, 5.74) is 3.02. The van der Waals surface area contributed by atoms with Crippen LogP contribution < -0.4 is 0 Å². The van der Waals surface area contributed by atoms with Gasteiger partial charge in [0.1, 0.15) is 5.60 Å². The van der Waals surface area contributed by atoms with Crippen LogP contribution in [0.5, 0.6) is 0 Å². The van der Waals surface area contributed by atoms with Crippen LogP contribution in [-0.4, -0.2) is 10.1 Å². The van der Waals surface area contributed by atoms with E-state index in [2.05, 4.69) is 4.98 Å². The highest BCUT2D eigenvalue weighted by Crippen LogP contribution is 2.47. The topological polar surface area (TPSA) is 33.1 Å². The Morgan fingerprint density at radius 1 is 1.12 bits per heavy atom. The standard InChI is InChI=1S/C14H13NO/c1-2-14(16)11-7-4-3-6-10(11)13-12(14)8-5-9-15-13/h3-9,16H,2H2,1H3/t14-/m0/s1. The first-order chi connectivity index (χ1) is 7.77. The zero-order valence-electron chi connectivity index (χ0n) is 9.14. The lowest BCUT2D eigenvalue weighted by Crippen LogP contribution is -2.23. The molecule has 2 nitrogen and oxygen atoms in total. The third-order valence-electron chi connectivity index (χ3n) is 3.39. The molecule has 0 aliphatic heterocycles. The lowest BCUT2D eigenvalue weighted by molar-refractivity contribution is 0.0812. The van der Waals surface area contributed by atoms with Crippen molar-refractivity contribution in [3.63, 3.8) is 0 Å². The van der Waals surface area contributed by atoms with Gasteiger partial charge in [-0.2, -0.15) is 0 Å². The number of rotatable bonds is 1. The minimum Gasteiger partial charge on any atom is -0.380 e. The first kappa shape index (κ1) is 9.55. The SMILES string of the molecule is CC[C@]1(O)c2ccccc2-c2ncccc21.